The Morgan fingerprint density at radius 2 is 1.90 bits per heavy atom. The van der Waals surface area contributed by atoms with E-state index in [1.165, 1.54) is 22.3 Å². The van der Waals surface area contributed by atoms with Crippen molar-refractivity contribution in [1.29, 1.82) is 0 Å². The van der Waals surface area contributed by atoms with Crippen LogP contribution in [0.15, 0.2) is 24.3 Å². The smallest absolute Gasteiger partial charge is 0.248 e. The summed E-state index contributed by atoms with van der Waals surface area (Å²) in [5.41, 5.74) is 6.72. The van der Waals surface area contributed by atoms with Crippen LogP contribution >= 0.6 is 0 Å². The van der Waals surface area contributed by atoms with Crippen LogP contribution in [0.25, 0.3) is 5.57 Å². The van der Waals surface area contributed by atoms with Crippen molar-refractivity contribution in [2.24, 2.45) is 11.3 Å². The third-order valence-corrected chi connectivity index (χ3v) is 6.86. The SMILES string of the molecule is Cc1cc(C)cc(C2=CCNC(C(=O)C3C(C(=O)NO)CC4(CC4)CN3C)C2)c1. The van der Waals surface area contributed by atoms with Crippen LogP contribution in [0.3, 0.4) is 0 Å². The zero-order chi connectivity index (χ0) is 20.8. The second-order valence-electron chi connectivity index (χ2n) is 9.32. The molecule has 0 bridgehead atoms. The molecule has 1 aliphatic carbocycles. The Labute approximate surface area is 172 Å². The molecule has 1 amide bonds. The van der Waals surface area contributed by atoms with E-state index in [1.807, 2.05) is 11.9 Å². The molecule has 0 aromatic heterocycles. The quantitative estimate of drug-likeness (QED) is 0.536. The van der Waals surface area contributed by atoms with E-state index >= 15 is 0 Å². The van der Waals surface area contributed by atoms with Gasteiger partial charge in [-0.1, -0.05) is 35.4 Å². The van der Waals surface area contributed by atoms with Gasteiger partial charge in [-0.05, 0) is 63.1 Å². The number of likely N-dealkylation sites (tertiary alicyclic amines) is 1. The Hall–Kier alpha value is -2.02. The number of likely N-dealkylation sites (N-methyl/N-ethyl adjacent to an activating group) is 1. The van der Waals surface area contributed by atoms with Crippen molar-refractivity contribution in [2.75, 3.05) is 20.1 Å². The van der Waals surface area contributed by atoms with Gasteiger partial charge in [-0.2, -0.15) is 0 Å². The van der Waals surface area contributed by atoms with Gasteiger partial charge in [-0.15, -0.1) is 0 Å². The Balaban J connectivity index is 1.55. The normalized spacial score (nSPS) is 28.7. The zero-order valence-corrected chi connectivity index (χ0v) is 17.5. The summed E-state index contributed by atoms with van der Waals surface area (Å²) in [6.07, 6.45) is 5.63. The Morgan fingerprint density at radius 1 is 1.21 bits per heavy atom. The molecule has 1 saturated heterocycles. The number of nitrogens with one attached hydrogen (secondary N) is 2. The highest BCUT2D eigenvalue weighted by atomic mass is 16.5. The molecule has 3 unspecified atom stereocenters. The number of Topliss-reactive ketones (excluding diaryl/α,β-unsaturated/α-hetero) is 1. The van der Waals surface area contributed by atoms with E-state index in [2.05, 4.69) is 43.4 Å². The number of benzene rings is 1. The highest BCUT2D eigenvalue weighted by molar-refractivity contribution is 5.96. The number of carbonyl (C=O) groups excluding carboxylic acids is 2. The molecule has 2 fully saturated rings. The van der Waals surface area contributed by atoms with E-state index in [1.54, 1.807) is 5.48 Å². The summed E-state index contributed by atoms with van der Waals surface area (Å²) < 4.78 is 0. The molecule has 1 aromatic rings. The number of hydrogen-bond acceptors (Lipinski definition) is 5. The van der Waals surface area contributed by atoms with Crippen molar-refractivity contribution >= 4 is 17.3 Å². The average Bonchev–Trinajstić information content (AvgIpc) is 3.44. The van der Waals surface area contributed by atoms with Crippen molar-refractivity contribution in [3.8, 4) is 0 Å². The zero-order valence-electron chi connectivity index (χ0n) is 17.5. The van der Waals surface area contributed by atoms with Crippen LogP contribution in [0.5, 0.6) is 0 Å². The largest absolute Gasteiger partial charge is 0.304 e. The van der Waals surface area contributed by atoms with E-state index in [-0.39, 0.29) is 17.2 Å². The van der Waals surface area contributed by atoms with E-state index in [4.69, 9.17) is 0 Å². The Bertz CT molecular complexity index is 839. The van der Waals surface area contributed by atoms with Gasteiger partial charge in [-0.25, -0.2) is 5.48 Å². The molecule has 1 spiro atoms. The van der Waals surface area contributed by atoms with Crippen LogP contribution in [0.4, 0.5) is 0 Å². The second-order valence-corrected chi connectivity index (χ2v) is 9.32. The molecule has 29 heavy (non-hydrogen) atoms. The first-order valence-electron chi connectivity index (χ1n) is 10.5. The van der Waals surface area contributed by atoms with E-state index < -0.39 is 17.9 Å². The maximum Gasteiger partial charge on any atom is 0.248 e. The number of nitrogens with zero attached hydrogens (tertiary/aromatic N) is 1. The van der Waals surface area contributed by atoms with Crippen LogP contribution in [0, 0.1) is 25.2 Å². The van der Waals surface area contributed by atoms with Crippen molar-refractivity contribution in [1.82, 2.24) is 15.7 Å². The molecule has 1 aromatic carbocycles. The molecule has 6 nitrogen and oxygen atoms in total. The van der Waals surface area contributed by atoms with Crippen LogP contribution in [0.1, 0.15) is 42.4 Å². The van der Waals surface area contributed by atoms with Crippen LogP contribution in [-0.4, -0.2) is 54.0 Å². The maximum absolute atomic E-state index is 13.5. The third-order valence-electron chi connectivity index (χ3n) is 6.86. The van der Waals surface area contributed by atoms with E-state index in [0.717, 1.165) is 19.4 Å². The Kier molecular flexibility index (Phi) is 5.36. The Morgan fingerprint density at radius 3 is 2.52 bits per heavy atom. The number of hydrogen-bond donors (Lipinski definition) is 3. The summed E-state index contributed by atoms with van der Waals surface area (Å²) in [4.78, 5) is 28.0. The summed E-state index contributed by atoms with van der Waals surface area (Å²) in [6, 6.07) is 5.64. The molecule has 4 rings (SSSR count). The third kappa shape index (κ3) is 4.02. The molecule has 156 valence electrons. The van der Waals surface area contributed by atoms with Gasteiger partial charge >= 0.3 is 0 Å². The van der Waals surface area contributed by atoms with Crippen LogP contribution in [0.2, 0.25) is 0 Å². The van der Waals surface area contributed by atoms with Gasteiger partial charge in [-0.3, -0.25) is 19.7 Å². The summed E-state index contributed by atoms with van der Waals surface area (Å²) in [6.45, 7) is 5.65. The minimum atomic E-state index is -0.510. The van der Waals surface area contributed by atoms with Crippen molar-refractivity contribution in [3.05, 3.63) is 41.0 Å². The van der Waals surface area contributed by atoms with Crippen LogP contribution in [-0.2, 0) is 9.59 Å². The molecule has 2 heterocycles. The van der Waals surface area contributed by atoms with Crippen LogP contribution < -0.4 is 10.8 Å². The number of amides is 1. The molecule has 6 heteroatoms. The van der Waals surface area contributed by atoms with Gasteiger partial charge in [0.15, 0.2) is 5.78 Å². The first-order valence-corrected chi connectivity index (χ1v) is 10.5. The van der Waals surface area contributed by atoms with Gasteiger partial charge in [0.1, 0.15) is 0 Å². The van der Waals surface area contributed by atoms with Crippen molar-refractivity contribution in [2.45, 2.75) is 51.6 Å². The molecule has 0 radical (unpaired) electrons. The highest BCUT2D eigenvalue weighted by Crippen LogP contribution is 2.54. The predicted molar refractivity (Wildman–Crippen MR) is 111 cm³/mol. The highest BCUT2D eigenvalue weighted by Gasteiger charge is 2.55. The van der Waals surface area contributed by atoms with Crippen molar-refractivity contribution < 1.29 is 14.8 Å². The molecular weight excluding hydrogens is 366 g/mol. The summed E-state index contributed by atoms with van der Waals surface area (Å²) >= 11 is 0. The fourth-order valence-electron chi connectivity index (χ4n) is 5.35. The fourth-order valence-corrected chi connectivity index (χ4v) is 5.35. The van der Waals surface area contributed by atoms with E-state index in [9.17, 15) is 14.8 Å². The maximum atomic E-state index is 13.5. The van der Waals surface area contributed by atoms with Gasteiger partial charge in [0.2, 0.25) is 5.91 Å². The summed E-state index contributed by atoms with van der Waals surface area (Å²) in [5.74, 6) is -0.903. The topological polar surface area (TPSA) is 81.7 Å². The second kappa shape index (κ2) is 7.67. The average molecular weight is 398 g/mol. The number of ketones is 1. The van der Waals surface area contributed by atoms with E-state index in [0.29, 0.717) is 19.4 Å². The lowest BCUT2D eigenvalue weighted by Gasteiger charge is -2.43. The number of rotatable bonds is 4. The number of carbonyl (C=O) groups is 2. The molecular formula is C23H31N3O3. The first kappa shape index (κ1) is 20.3. The van der Waals surface area contributed by atoms with Gasteiger partial charge in [0.05, 0.1) is 18.0 Å². The monoisotopic (exact) mass is 397 g/mol. The minimum Gasteiger partial charge on any atom is -0.304 e. The lowest BCUT2D eigenvalue weighted by atomic mass is 9.76. The van der Waals surface area contributed by atoms with Gasteiger partial charge < -0.3 is 5.32 Å². The van der Waals surface area contributed by atoms with Crippen molar-refractivity contribution in [3.63, 3.8) is 0 Å². The molecule has 3 aliphatic rings. The fraction of sp³-hybridized carbons (Fsp3) is 0.565. The summed E-state index contributed by atoms with van der Waals surface area (Å²) in [5, 5.41) is 12.6. The van der Waals surface area contributed by atoms with Gasteiger partial charge in [0, 0.05) is 13.1 Å². The number of hydroxylamine groups is 1. The standard InChI is InChI=1S/C23H31N3O3/c1-14-8-15(2)10-17(9-14)16-4-7-24-19(11-16)21(27)20-18(22(28)25-29)12-23(5-6-23)13-26(20)3/h4,8-10,18-20,24,29H,5-7,11-13H2,1-3H3,(H,25,28). The molecule has 1 saturated carbocycles. The minimum absolute atomic E-state index is 0.0478. The first-order chi connectivity index (χ1) is 13.8. The summed E-state index contributed by atoms with van der Waals surface area (Å²) in [7, 11) is 1.93. The molecule has 2 aliphatic heterocycles. The lowest BCUT2D eigenvalue weighted by Crippen LogP contribution is -2.59. The predicted octanol–water partition coefficient (Wildman–Crippen LogP) is 2.22. The lowest BCUT2D eigenvalue weighted by molar-refractivity contribution is -0.145. The van der Waals surface area contributed by atoms with Gasteiger partial charge in [0.25, 0.3) is 0 Å². The number of aryl methyl sites for hydroxylation is 2. The molecule has 3 N–H and O–H groups in total. The number of piperidine rings is 1. The molecule has 3 atom stereocenters.